The number of carbonyl (C=O) groups is 1. The lowest BCUT2D eigenvalue weighted by Gasteiger charge is -2.11. The molecule has 0 radical (unpaired) electrons. The van der Waals surface area contributed by atoms with Crippen LogP contribution in [0, 0.1) is 0 Å². The Hall–Kier alpha value is -1.40. The van der Waals surface area contributed by atoms with Gasteiger partial charge in [-0.2, -0.15) is 0 Å². The molecule has 0 saturated heterocycles. The standard InChI is InChI=1S/C12H22N4O2/c1-16-8-7-14-11(16)5-6-15-12(17)10(13)4-3-9-18-2/h7-8,10H,3-6,9,13H2,1-2H3,(H,15,17). The van der Waals surface area contributed by atoms with Gasteiger partial charge in [0.1, 0.15) is 5.82 Å². The minimum atomic E-state index is -0.457. The highest BCUT2D eigenvalue weighted by Crippen LogP contribution is 1.96. The predicted octanol–water partition coefficient (Wildman–Crippen LogP) is -0.167. The fourth-order valence-electron chi connectivity index (χ4n) is 1.64. The fourth-order valence-corrected chi connectivity index (χ4v) is 1.64. The summed E-state index contributed by atoms with van der Waals surface area (Å²) in [6, 6.07) is -0.457. The zero-order chi connectivity index (χ0) is 13.4. The number of nitrogens with zero attached hydrogens (tertiary/aromatic N) is 2. The number of carbonyl (C=O) groups excluding carboxylic acids is 1. The van der Waals surface area contributed by atoms with Gasteiger partial charge < -0.3 is 20.4 Å². The summed E-state index contributed by atoms with van der Waals surface area (Å²) in [7, 11) is 3.57. The lowest BCUT2D eigenvalue weighted by atomic mass is 10.1. The average molecular weight is 254 g/mol. The van der Waals surface area contributed by atoms with E-state index in [-0.39, 0.29) is 5.91 Å². The number of nitrogens with two attached hydrogens (primary N) is 1. The molecule has 1 aromatic rings. The Morgan fingerprint density at radius 3 is 3.06 bits per heavy atom. The SMILES string of the molecule is COCCCC(N)C(=O)NCCc1nccn1C. The minimum absolute atomic E-state index is 0.111. The summed E-state index contributed by atoms with van der Waals surface area (Å²) in [5.74, 6) is 0.837. The third-order valence-electron chi connectivity index (χ3n) is 2.77. The van der Waals surface area contributed by atoms with E-state index >= 15 is 0 Å². The van der Waals surface area contributed by atoms with Crippen LogP contribution < -0.4 is 11.1 Å². The number of aromatic nitrogens is 2. The topological polar surface area (TPSA) is 82.2 Å². The summed E-state index contributed by atoms with van der Waals surface area (Å²) < 4.78 is 6.85. The molecule has 1 amide bonds. The van der Waals surface area contributed by atoms with Crippen LogP contribution in [-0.2, 0) is 23.0 Å². The molecule has 0 bridgehead atoms. The van der Waals surface area contributed by atoms with Gasteiger partial charge in [0.25, 0.3) is 0 Å². The van der Waals surface area contributed by atoms with Gasteiger partial charge in [0.2, 0.25) is 5.91 Å². The molecule has 6 heteroatoms. The molecule has 3 N–H and O–H groups in total. The van der Waals surface area contributed by atoms with Crippen molar-refractivity contribution in [1.82, 2.24) is 14.9 Å². The number of aryl methyl sites for hydroxylation is 1. The second-order valence-electron chi connectivity index (χ2n) is 4.24. The van der Waals surface area contributed by atoms with Crippen molar-refractivity contribution in [1.29, 1.82) is 0 Å². The van der Waals surface area contributed by atoms with Crippen molar-refractivity contribution < 1.29 is 9.53 Å². The highest BCUT2D eigenvalue weighted by Gasteiger charge is 2.12. The first-order chi connectivity index (χ1) is 8.65. The lowest BCUT2D eigenvalue weighted by Crippen LogP contribution is -2.41. The lowest BCUT2D eigenvalue weighted by molar-refractivity contribution is -0.122. The van der Waals surface area contributed by atoms with Gasteiger partial charge in [-0.25, -0.2) is 4.98 Å². The molecule has 1 aromatic heterocycles. The zero-order valence-corrected chi connectivity index (χ0v) is 11.1. The molecule has 1 rings (SSSR count). The van der Waals surface area contributed by atoms with Crippen LogP contribution in [0.2, 0.25) is 0 Å². The number of methoxy groups -OCH3 is 1. The molecule has 6 nitrogen and oxygen atoms in total. The van der Waals surface area contributed by atoms with Crippen LogP contribution in [0.25, 0.3) is 0 Å². The highest BCUT2D eigenvalue weighted by molar-refractivity contribution is 5.81. The number of rotatable bonds is 8. The molecule has 0 spiro atoms. The summed E-state index contributed by atoms with van der Waals surface area (Å²) in [6.07, 6.45) is 5.77. The van der Waals surface area contributed by atoms with Crippen molar-refractivity contribution in [2.75, 3.05) is 20.3 Å². The molecule has 1 atom stereocenters. The van der Waals surface area contributed by atoms with Crippen molar-refractivity contribution in [2.24, 2.45) is 12.8 Å². The van der Waals surface area contributed by atoms with Crippen molar-refractivity contribution in [3.8, 4) is 0 Å². The van der Waals surface area contributed by atoms with Crippen LogP contribution in [0.5, 0.6) is 0 Å². The van der Waals surface area contributed by atoms with Crippen LogP contribution in [0.15, 0.2) is 12.4 Å². The molecule has 0 aromatic carbocycles. The third kappa shape index (κ3) is 4.85. The van der Waals surface area contributed by atoms with Gasteiger partial charge in [-0.3, -0.25) is 4.79 Å². The highest BCUT2D eigenvalue weighted by atomic mass is 16.5. The second-order valence-corrected chi connectivity index (χ2v) is 4.24. The molecule has 1 unspecified atom stereocenters. The summed E-state index contributed by atoms with van der Waals surface area (Å²) >= 11 is 0. The van der Waals surface area contributed by atoms with E-state index in [1.807, 2.05) is 17.8 Å². The van der Waals surface area contributed by atoms with Crippen LogP contribution in [0.4, 0.5) is 0 Å². The Bertz CT molecular complexity index is 365. The van der Waals surface area contributed by atoms with Crippen LogP contribution >= 0.6 is 0 Å². The van der Waals surface area contributed by atoms with E-state index in [4.69, 9.17) is 10.5 Å². The number of nitrogens with one attached hydrogen (secondary N) is 1. The summed E-state index contributed by atoms with van der Waals surface area (Å²) in [4.78, 5) is 15.8. The summed E-state index contributed by atoms with van der Waals surface area (Å²) in [5.41, 5.74) is 5.76. The van der Waals surface area contributed by atoms with Crippen LogP contribution in [0.1, 0.15) is 18.7 Å². The van der Waals surface area contributed by atoms with E-state index in [0.717, 1.165) is 12.2 Å². The van der Waals surface area contributed by atoms with Gasteiger partial charge in [-0.05, 0) is 12.8 Å². The molecule has 1 heterocycles. The number of ether oxygens (including phenoxy) is 1. The van der Waals surface area contributed by atoms with E-state index in [1.54, 1.807) is 13.3 Å². The van der Waals surface area contributed by atoms with Gasteiger partial charge in [0, 0.05) is 46.1 Å². The van der Waals surface area contributed by atoms with E-state index in [0.29, 0.717) is 26.0 Å². The summed E-state index contributed by atoms with van der Waals surface area (Å²) in [5, 5.41) is 2.82. The second kappa shape index (κ2) is 7.84. The maximum Gasteiger partial charge on any atom is 0.236 e. The minimum Gasteiger partial charge on any atom is -0.385 e. The molecule has 0 aliphatic carbocycles. The van der Waals surface area contributed by atoms with E-state index in [9.17, 15) is 4.79 Å². The quantitative estimate of drug-likeness (QED) is 0.631. The molecule has 0 fully saturated rings. The first-order valence-electron chi connectivity index (χ1n) is 6.13. The molecule has 0 saturated carbocycles. The zero-order valence-electron chi connectivity index (χ0n) is 11.1. The Labute approximate surface area is 108 Å². The summed E-state index contributed by atoms with van der Waals surface area (Å²) in [6.45, 7) is 1.19. The molecule has 0 aliphatic rings. The number of amides is 1. The van der Waals surface area contributed by atoms with Crippen LogP contribution in [-0.4, -0.2) is 41.8 Å². The molecular formula is C12H22N4O2. The first-order valence-corrected chi connectivity index (χ1v) is 6.13. The number of imidazole rings is 1. The first kappa shape index (κ1) is 14.7. The van der Waals surface area contributed by atoms with Gasteiger partial charge in [-0.15, -0.1) is 0 Å². The van der Waals surface area contributed by atoms with Gasteiger partial charge in [0.05, 0.1) is 6.04 Å². The maximum atomic E-state index is 11.6. The van der Waals surface area contributed by atoms with E-state index < -0.39 is 6.04 Å². The average Bonchev–Trinajstić information content (AvgIpc) is 2.75. The smallest absolute Gasteiger partial charge is 0.236 e. The van der Waals surface area contributed by atoms with Crippen molar-refractivity contribution >= 4 is 5.91 Å². The Morgan fingerprint density at radius 2 is 2.44 bits per heavy atom. The van der Waals surface area contributed by atoms with Crippen LogP contribution in [0.3, 0.4) is 0 Å². The van der Waals surface area contributed by atoms with Crippen molar-refractivity contribution in [2.45, 2.75) is 25.3 Å². The molecule has 102 valence electrons. The maximum absolute atomic E-state index is 11.6. The molecule has 18 heavy (non-hydrogen) atoms. The third-order valence-corrected chi connectivity index (χ3v) is 2.77. The molecular weight excluding hydrogens is 232 g/mol. The van der Waals surface area contributed by atoms with E-state index in [2.05, 4.69) is 10.3 Å². The van der Waals surface area contributed by atoms with E-state index in [1.165, 1.54) is 0 Å². The predicted molar refractivity (Wildman–Crippen MR) is 69.0 cm³/mol. The number of hydrogen-bond donors (Lipinski definition) is 2. The normalized spacial score (nSPS) is 12.4. The van der Waals surface area contributed by atoms with Gasteiger partial charge in [0.15, 0.2) is 0 Å². The Balaban J connectivity index is 2.18. The Kier molecular flexibility index (Phi) is 6.38. The number of hydrogen-bond acceptors (Lipinski definition) is 4. The monoisotopic (exact) mass is 254 g/mol. The largest absolute Gasteiger partial charge is 0.385 e. The fraction of sp³-hybridized carbons (Fsp3) is 0.667. The van der Waals surface area contributed by atoms with Gasteiger partial charge in [-0.1, -0.05) is 0 Å². The van der Waals surface area contributed by atoms with Crippen molar-refractivity contribution in [3.05, 3.63) is 18.2 Å². The van der Waals surface area contributed by atoms with Crippen molar-refractivity contribution in [3.63, 3.8) is 0 Å². The Morgan fingerprint density at radius 1 is 1.67 bits per heavy atom. The molecule has 0 aliphatic heterocycles. The van der Waals surface area contributed by atoms with Gasteiger partial charge >= 0.3 is 0 Å².